The van der Waals surface area contributed by atoms with Gasteiger partial charge < -0.3 is 15.0 Å². The van der Waals surface area contributed by atoms with Crippen molar-refractivity contribution in [1.82, 2.24) is 5.32 Å². The minimum absolute atomic E-state index is 0.167. The van der Waals surface area contributed by atoms with Gasteiger partial charge in [0, 0.05) is 31.4 Å². The van der Waals surface area contributed by atoms with Crippen molar-refractivity contribution in [3.8, 4) is 0 Å². The largest absolute Gasteiger partial charge is 0.372 e. The zero-order valence-electron chi connectivity index (χ0n) is 14.1. The molecule has 0 aliphatic carbocycles. The SMILES string of the molecule is Cc1ccc(N(C)CC2CCC(CNC(C)(C)C)O2)cc1. The molecule has 1 aromatic rings. The van der Waals surface area contributed by atoms with Crippen LogP contribution in [0.1, 0.15) is 39.2 Å². The standard InChI is InChI=1S/C18H30N2O/c1-14-6-8-15(9-7-14)20(5)13-17-11-10-16(21-17)12-19-18(2,3)4/h6-9,16-17,19H,10-13H2,1-5H3. The molecule has 0 radical (unpaired) electrons. The fourth-order valence-electron chi connectivity index (χ4n) is 2.69. The Balaban J connectivity index is 1.78. The summed E-state index contributed by atoms with van der Waals surface area (Å²) >= 11 is 0. The Labute approximate surface area is 129 Å². The Morgan fingerprint density at radius 2 is 1.76 bits per heavy atom. The van der Waals surface area contributed by atoms with Crippen LogP contribution in [0.4, 0.5) is 5.69 Å². The third-order valence-electron chi connectivity index (χ3n) is 4.01. The van der Waals surface area contributed by atoms with Crippen molar-refractivity contribution >= 4 is 5.69 Å². The maximum Gasteiger partial charge on any atom is 0.0755 e. The molecule has 2 unspecified atom stereocenters. The first-order valence-corrected chi connectivity index (χ1v) is 8.02. The Kier molecular flexibility index (Phi) is 5.28. The van der Waals surface area contributed by atoms with E-state index in [1.165, 1.54) is 11.3 Å². The maximum atomic E-state index is 6.17. The Morgan fingerprint density at radius 3 is 2.38 bits per heavy atom. The van der Waals surface area contributed by atoms with Gasteiger partial charge in [0.2, 0.25) is 0 Å². The highest BCUT2D eigenvalue weighted by molar-refractivity contribution is 5.46. The van der Waals surface area contributed by atoms with Crippen molar-refractivity contribution in [2.24, 2.45) is 0 Å². The van der Waals surface area contributed by atoms with Crippen molar-refractivity contribution < 1.29 is 4.74 Å². The highest BCUT2D eigenvalue weighted by Gasteiger charge is 2.27. The molecule has 1 aliphatic heterocycles. The Hall–Kier alpha value is -1.06. The van der Waals surface area contributed by atoms with Gasteiger partial charge in [0.1, 0.15) is 0 Å². The quantitative estimate of drug-likeness (QED) is 0.900. The van der Waals surface area contributed by atoms with Gasteiger partial charge in [-0.1, -0.05) is 17.7 Å². The summed E-state index contributed by atoms with van der Waals surface area (Å²) in [6.45, 7) is 10.6. The van der Waals surface area contributed by atoms with Crippen LogP contribution in [0.25, 0.3) is 0 Å². The molecule has 0 spiro atoms. The molecule has 0 saturated carbocycles. The van der Waals surface area contributed by atoms with Crippen LogP contribution in [0.5, 0.6) is 0 Å². The van der Waals surface area contributed by atoms with Crippen LogP contribution in [-0.2, 0) is 4.74 Å². The normalized spacial score (nSPS) is 22.5. The van der Waals surface area contributed by atoms with E-state index in [-0.39, 0.29) is 5.54 Å². The number of rotatable bonds is 5. The molecule has 1 N–H and O–H groups in total. The fourth-order valence-corrected chi connectivity index (χ4v) is 2.69. The zero-order chi connectivity index (χ0) is 15.5. The third-order valence-corrected chi connectivity index (χ3v) is 4.01. The van der Waals surface area contributed by atoms with Gasteiger partial charge in [-0.15, -0.1) is 0 Å². The lowest BCUT2D eigenvalue weighted by Crippen LogP contribution is -2.41. The van der Waals surface area contributed by atoms with Crippen LogP contribution >= 0.6 is 0 Å². The predicted molar refractivity (Wildman–Crippen MR) is 90.1 cm³/mol. The maximum absolute atomic E-state index is 6.17. The minimum atomic E-state index is 0.167. The van der Waals surface area contributed by atoms with Crippen LogP contribution in [-0.4, -0.2) is 37.9 Å². The van der Waals surface area contributed by atoms with Gasteiger partial charge >= 0.3 is 0 Å². The summed E-state index contributed by atoms with van der Waals surface area (Å²) in [5, 5.41) is 3.54. The van der Waals surface area contributed by atoms with Gasteiger partial charge in [0.25, 0.3) is 0 Å². The summed E-state index contributed by atoms with van der Waals surface area (Å²) in [5.74, 6) is 0. The number of benzene rings is 1. The summed E-state index contributed by atoms with van der Waals surface area (Å²) in [5.41, 5.74) is 2.73. The van der Waals surface area contributed by atoms with E-state index in [4.69, 9.17) is 4.74 Å². The van der Waals surface area contributed by atoms with E-state index in [1.54, 1.807) is 0 Å². The summed E-state index contributed by atoms with van der Waals surface area (Å²) in [6, 6.07) is 8.70. The molecule has 3 nitrogen and oxygen atoms in total. The lowest BCUT2D eigenvalue weighted by atomic mass is 10.1. The van der Waals surface area contributed by atoms with Gasteiger partial charge in [-0.2, -0.15) is 0 Å². The number of ether oxygens (including phenoxy) is 1. The van der Waals surface area contributed by atoms with Crippen LogP contribution in [0, 0.1) is 6.92 Å². The first-order chi connectivity index (χ1) is 9.83. The van der Waals surface area contributed by atoms with E-state index < -0.39 is 0 Å². The van der Waals surface area contributed by atoms with Gasteiger partial charge in [-0.25, -0.2) is 0 Å². The molecular weight excluding hydrogens is 260 g/mol. The highest BCUT2D eigenvalue weighted by Crippen LogP contribution is 2.22. The second kappa shape index (κ2) is 6.80. The Bertz CT molecular complexity index is 436. The number of aryl methyl sites for hydroxylation is 1. The third kappa shape index (κ3) is 5.33. The topological polar surface area (TPSA) is 24.5 Å². The van der Waals surface area contributed by atoms with Crippen LogP contribution in [0.3, 0.4) is 0 Å². The molecule has 118 valence electrons. The van der Waals surface area contributed by atoms with E-state index >= 15 is 0 Å². The molecule has 1 saturated heterocycles. The fraction of sp³-hybridized carbons (Fsp3) is 0.667. The second-order valence-electron chi connectivity index (χ2n) is 7.30. The number of hydrogen-bond donors (Lipinski definition) is 1. The zero-order valence-corrected chi connectivity index (χ0v) is 14.1. The molecule has 1 heterocycles. The smallest absolute Gasteiger partial charge is 0.0755 e. The van der Waals surface area contributed by atoms with Crippen molar-refractivity contribution in [3.63, 3.8) is 0 Å². The van der Waals surface area contributed by atoms with E-state index in [2.05, 4.69) is 69.2 Å². The van der Waals surface area contributed by atoms with Crippen molar-refractivity contribution in [2.45, 2.75) is 58.3 Å². The second-order valence-corrected chi connectivity index (χ2v) is 7.30. The Morgan fingerprint density at radius 1 is 1.14 bits per heavy atom. The van der Waals surface area contributed by atoms with E-state index in [0.29, 0.717) is 12.2 Å². The molecule has 2 rings (SSSR count). The number of anilines is 1. The molecule has 0 aromatic heterocycles. The van der Waals surface area contributed by atoms with Crippen molar-refractivity contribution in [3.05, 3.63) is 29.8 Å². The van der Waals surface area contributed by atoms with Crippen LogP contribution in [0.15, 0.2) is 24.3 Å². The molecule has 1 fully saturated rings. The van der Waals surface area contributed by atoms with E-state index in [0.717, 1.165) is 25.9 Å². The predicted octanol–water partition coefficient (Wildman–Crippen LogP) is 3.37. The first kappa shape index (κ1) is 16.3. The first-order valence-electron chi connectivity index (χ1n) is 8.02. The average Bonchev–Trinajstić information content (AvgIpc) is 2.84. The molecule has 1 aromatic carbocycles. The highest BCUT2D eigenvalue weighted by atomic mass is 16.5. The number of nitrogens with one attached hydrogen (secondary N) is 1. The lowest BCUT2D eigenvalue weighted by molar-refractivity contribution is 0.0465. The van der Waals surface area contributed by atoms with Crippen molar-refractivity contribution in [1.29, 1.82) is 0 Å². The summed E-state index contributed by atoms with van der Waals surface area (Å²) in [4.78, 5) is 2.30. The monoisotopic (exact) mass is 290 g/mol. The average molecular weight is 290 g/mol. The number of nitrogens with zero attached hydrogens (tertiary/aromatic N) is 1. The van der Waals surface area contributed by atoms with Gasteiger partial charge in [-0.3, -0.25) is 0 Å². The summed E-state index contributed by atoms with van der Waals surface area (Å²) < 4.78 is 6.17. The van der Waals surface area contributed by atoms with Crippen LogP contribution in [0.2, 0.25) is 0 Å². The number of likely N-dealkylation sites (N-methyl/N-ethyl adjacent to an activating group) is 1. The molecule has 0 bridgehead atoms. The summed E-state index contributed by atoms with van der Waals surface area (Å²) in [6.07, 6.45) is 3.03. The minimum Gasteiger partial charge on any atom is -0.372 e. The van der Waals surface area contributed by atoms with Gasteiger partial charge in [0.15, 0.2) is 0 Å². The molecule has 0 amide bonds. The van der Waals surface area contributed by atoms with E-state index in [1.807, 2.05) is 0 Å². The lowest BCUT2D eigenvalue weighted by Gasteiger charge is -2.25. The number of hydrogen-bond acceptors (Lipinski definition) is 3. The molecule has 2 atom stereocenters. The van der Waals surface area contributed by atoms with E-state index in [9.17, 15) is 0 Å². The molecular formula is C18H30N2O. The van der Waals surface area contributed by atoms with Crippen LogP contribution < -0.4 is 10.2 Å². The molecule has 3 heteroatoms. The van der Waals surface area contributed by atoms with Crippen molar-refractivity contribution in [2.75, 3.05) is 25.0 Å². The van der Waals surface area contributed by atoms with Gasteiger partial charge in [0.05, 0.1) is 12.2 Å². The van der Waals surface area contributed by atoms with Gasteiger partial charge in [-0.05, 0) is 52.7 Å². The summed E-state index contributed by atoms with van der Waals surface area (Å²) in [7, 11) is 2.15. The molecule has 1 aliphatic rings. The molecule has 21 heavy (non-hydrogen) atoms.